The molecule has 10 heteroatoms. The average molecular weight is 750 g/mol. The number of carboxylic acids is 1. The lowest BCUT2D eigenvalue weighted by Gasteiger charge is -2.72. The molecule has 282 valence electrons. The van der Waals surface area contributed by atoms with Crippen molar-refractivity contribution in [1.82, 2.24) is 15.2 Å². The predicted octanol–water partition coefficient (Wildman–Crippen LogP) is 9.90. The zero-order chi connectivity index (χ0) is 37.8. The van der Waals surface area contributed by atoms with Gasteiger partial charge in [-0.3, -0.25) is 19.4 Å². The van der Waals surface area contributed by atoms with E-state index in [0.29, 0.717) is 23.3 Å². The lowest BCUT2D eigenvalue weighted by Crippen LogP contribution is -2.66. The summed E-state index contributed by atoms with van der Waals surface area (Å²) in [6, 6.07) is 3.71. The number of fused-ring (bicyclic) bond motifs is 7. The number of nitrogens with zero attached hydrogens (tertiary/aromatic N) is 3. The van der Waals surface area contributed by atoms with Gasteiger partial charge in [0.1, 0.15) is 16.8 Å². The first-order chi connectivity index (χ1) is 24.2. The monoisotopic (exact) mass is 749 g/mol. The van der Waals surface area contributed by atoms with Gasteiger partial charge >= 0.3 is 11.9 Å². The molecular formula is C42H56ClN3O5S. The number of carbonyl (C=O) groups excluding carboxylic acids is 2. The number of rotatable bonds is 7. The minimum Gasteiger partial charge on any atom is -0.481 e. The normalized spacial score (nSPS) is 36.9. The lowest BCUT2D eigenvalue weighted by molar-refractivity contribution is -0.232. The van der Waals surface area contributed by atoms with E-state index in [2.05, 4.69) is 58.5 Å². The molecule has 0 saturated heterocycles. The fourth-order valence-corrected chi connectivity index (χ4v) is 13.9. The number of ketones is 1. The summed E-state index contributed by atoms with van der Waals surface area (Å²) < 4.78 is 6.17. The van der Waals surface area contributed by atoms with Crippen molar-refractivity contribution in [2.75, 3.05) is 0 Å². The van der Waals surface area contributed by atoms with Crippen LogP contribution in [-0.4, -0.2) is 44.1 Å². The topological polar surface area (TPSA) is 119 Å². The molecule has 5 aliphatic carbocycles. The van der Waals surface area contributed by atoms with Crippen LogP contribution in [-0.2, 0) is 24.5 Å². The van der Waals surface area contributed by atoms with Gasteiger partial charge in [-0.15, -0.1) is 10.2 Å². The summed E-state index contributed by atoms with van der Waals surface area (Å²) in [6.45, 7) is 19.7. The molecule has 0 spiro atoms. The highest BCUT2D eigenvalue weighted by Crippen LogP contribution is 2.77. The average Bonchev–Trinajstić information content (AvgIpc) is 3.66. The number of allylic oxidation sites excluding steroid dienone is 2. The molecule has 0 amide bonds. The first-order valence-corrected chi connectivity index (χ1v) is 20.6. The summed E-state index contributed by atoms with van der Waals surface area (Å²) in [5, 5.41) is 21.4. The number of aromatic nitrogens is 3. The molecule has 0 bridgehead atoms. The number of Topliss-reactive ketones (excluding diaryl/α,β-unsaturated/α-hetero) is 1. The quantitative estimate of drug-likeness (QED) is 0.278. The van der Waals surface area contributed by atoms with Gasteiger partial charge in [0.05, 0.1) is 22.3 Å². The number of esters is 1. The summed E-state index contributed by atoms with van der Waals surface area (Å²) in [6.07, 6.45) is 9.74. The molecule has 5 aliphatic rings. The van der Waals surface area contributed by atoms with Crippen molar-refractivity contribution in [2.45, 2.75) is 138 Å². The SMILES string of the molecule is CC(C)C1=C2C3CCC4C5(C)CCC(OC(=O)CC(C)(C)C(=O)O)C(C)(C)C5CCC4(C)C3(C)CCC2(c2nnc(-c3ccc(Cl)cn3)s2)CC1=O. The highest BCUT2D eigenvalue weighted by atomic mass is 35.5. The van der Waals surface area contributed by atoms with Crippen LogP contribution in [0.4, 0.5) is 0 Å². The Bertz CT molecular complexity index is 1830. The van der Waals surface area contributed by atoms with Crippen LogP contribution in [0.2, 0.25) is 5.02 Å². The number of hydrogen-bond acceptors (Lipinski definition) is 8. The van der Waals surface area contributed by atoms with Crippen molar-refractivity contribution in [3.05, 3.63) is 39.5 Å². The third-order valence-corrected chi connectivity index (χ3v) is 17.0. The van der Waals surface area contributed by atoms with Gasteiger partial charge in [-0.25, -0.2) is 0 Å². The molecule has 4 fully saturated rings. The molecule has 1 N–H and O–H groups in total. The van der Waals surface area contributed by atoms with Gasteiger partial charge in [0, 0.05) is 18.0 Å². The highest BCUT2D eigenvalue weighted by Gasteiger charge is 2.70. The van der Waals surface area contributed by atoms with E-state index >= 15 is 0 Å². The molecule has 0 radical (unpaired) electrons. The van der Waals surface area contributed by atoms with E-state index in [9.17, 15) is 19.5 Å². The summed E-state index contributed by atoms with van der Waals surface area (Å²) in [4.78, 5) is 43.5. The Morgan fingerprint density at radius 3 is 2.37 bits per heavy atom. The number of halogens is 1. The number of aliphatic carboxylic acids is 1. The second-order valence-corrected chi connectivity index (χ2v) is 20.7. The van der Waals surface area contributed by atoms with E-state index in [0.717, 1.165) is 72.6 Å². The molecule has 8 atom stereocenters. The summed E-state index contributed by atoms with van der Waals surface area (Å²) in [7, 11) is 0. The Kier molecular flexibility index (Phi) is 9.01. The molecular weight excluding hydrogens is 694 g/mol. The zero-order valence-corrected chi connectivity index (χ0v) is 34.0. The van der Waals surface area contributed by atoms with Crippen molar-refractivity contribution < 1.29 is 24.2 Å². The van der Waals surface area contributed by atoms with Crippen molar-refractivity contribution in [3.8, 4) is 10.7 Å². The molecule has 4 saturated carbocycles. The Labute approximate surface area is 318 Å². The summed E-state index contributed by atoms with van der Waals surface area (Å²) >= 11 is 7.72. The molecule has 2 heterocycles. The van der Waals surface area contributed by atoms with Gasteiger partial charge in [-0.05, 0) is 128 Å². The maximum atomic E-state index is 14.2. The van der Waals surface area contributed by atoms with Gasteiger partial charge in [0.2, 0.25) is 0 Å². The predicted molar refractivity (Wildman–Crippen MR) is 203 cm³/mol. The second-order valence-electron chi connectivity index (χ2n) is 19.3. The van der Waals surface area contributed by atoms with Crippen molar-refractivity contribution >= 4 is 40.7 Å². The lowest BCUT2D eigenvalue weighted by atomic mass is 9.33. The third kappa shape index (κ3) is 5.39. The van der Waals surface area contributed by atoms with Crippen LogP contribution in [0.15, 0.2) is 29.5 Å². The van der Waals surface area contributed by atoms with Crippen LogP contribution < -0.4 is 0 Å². The summed E-state index contributed by atoms with van der Waals surface area (Å²) in [5.41, 5.74) is 1.47. The molecule has 7 rings (SSSR count). The van der Waals surface area contributed by atoms with Gasteiger partial charge in [-0.1, -0.05) is 71.4 Å². The van der Waals surface area contributed by atoms with Crippen LogP contribution in [0.25, 0.3) is 10.7 Å². The van der Waals surface area contributed by atoms with Crippen LogP contribution in [0.5, 0.6) is 0 Å². The molecule has 2 aromatic heterocycles. The number of carbonyl (C=O) groups is 3. The molecule has 52 heavy (non-hydrogen) atoms. The number of ether oxygens (including phenoxy) is 1. The van der Waals surface area contributed by atoms with Gasteiger partial charge < -0.3 is 9.84 Å². The molecule has 8 unspecified atom stereocenters. The first-order valence-electron chi connectivity index (χ1n) is 19.4. The highest BCUT2D eigenvalue weighted by molar-refractivity contribution is 7.14. The minimum absolute atomic E-state index is 0.00855. The fourth-order valence-electron chi connectivity index (χ4n) is 12.7. The Balaban J connectivity index is 1.20. The van der Waals surface area contributed by atoms with Gasteiger partial charge in [0.15, 0.2) is 10.8 Å². The maximum Gasteiger partial charge on any atom is 0.309 e. The van der Waals surface area contributed by atoms with E-state index in [1.807, 2.05) is 12.1 Å². The van der Waals surface area contributed by atoms with E-state index in [1.54, 1.807) is 31.4 Å². The standard InChI is InChI=1S/C42H56ClN3O5S/c1-23(2)32-27(47)20-42(35-46-45-34(52-35)26-12-10-24(43)22-44-26)19-18-40(8)25(33(32)42)11-13-29-39(7)16-15-30(51-31(48)21-37(3,4)36(49)50)38(5,6)28(39)14-17-41(29,40)9/h10,12,22-23,25,28-30H,11,13-21H2,1-9H3,(H,49,50). The van der Waals surface area contributed by atoms with Crippen LogP contribution in [0.1, 0.15) is 132 Å². The second kappa shape index (κ2) is 12.4. The third-order valence-electron chi connectivity index (χ3n) is 15.6. The maximum absolute atomic E-state index is 14.2. The van der Waals surface area contributed by atoms with E-state index in [-0.39, 0.29) is 51.8 Å². The summed E-state index contributed by atoms with van der Waals surface area (Å²) in [5.74, 6) is 0.169. The van der Waals surface area contributed by atoms with Crippen molar-refractivity contribution in [3.63, 3.8) is 0 Å². The van der Waals surface area contributed by atoms with E-state index in [1.165, 1.54) is 5.57 Å². The number of carboxylic acid groups (broad SMARTS) is 1. The molecule has 2 aromatic rings. The van der Waals surface area contributed by atoms with E-state index < -0.39 is 22.8 Å². The van der Waals surface area contributed by atoms with Gasteiger partial charge in [-0.2, -0.15) is 0 Å². The smallest absolute Gasteiger partial charge is 0.309 e. The largest absolute Gasteiger partial charge is 0.481 e. The van der Waals surface area contributed by atoms with Crippen LogP contribution >= 0.6 is 22.9 Å². The van der Waals surface area contributed by atoms with Crippen LogP contribution in [0.3, 0.4) is 0 Å². The molecule has 0 aromatic carbocycles. The fraction of sp³-hybridized carbons (Fsp3) is 0.714. The Morgan fingerprint density at radius 2 is 1.71 bits per heavy atom. The Morgan fingerprint density at radius 1 is 0.981 bits per heavy atom. The van der Waals surface area contributed by atoms with E-state index in [4.69, 9.17) is 21.4 Å². The van der Waals surface area contributed by atoms with Crippen molar-refractivity contribution in [2.24, 2.45) is 50.7 Å². The number of pyridine rings is 1. The van der Waals surface area contributed by atoms with Crippen LogP contribution in [0, 0.1) is 50.7 Å². The Hall–Kier alpha value is -2.65. The minimum atomic E-state index is -1.16. The van der Waals surface area contributed by atoms with Gasteiger partial charge in [0.25, 0.3) is 0 Å². The zero-order valence-electron chi connectivity index (χ0n) is 32.4. The number of hydrogen-bond donors (Lipinski definition) is 1. The molecule has 8 nitrogen and oxygen atoms in total. The van der Waals surface area contributed by atoms with Crippen molar-refractivity contribution in [1.29, 1.82) is 0 Å². The first kappa shape index (κ1) is 37.7. The molecule has 0 aliphatic heterocycles.